The molecule has 1 aliphatic heterocycles. The molecule has 0 radical (unpaired) electrons. The number of rotatable bonds is 3. The average Bonchev–Trinajstić information content (AvgIpc) is 3.03. The summed E-state index contributed by atoms with van der Waals surface area (Å²) in [5.41, 5.74) is 2.58. The molecule has 0 saturated carbocycles. The van der Waals surface area contributed by atoms with Crippen molar-refractivity contribution in [3.63, 3.8) is 0 Å². The molecule has 0 spiro atoms. The van der Waals surface area contributed by atoms with Crippen LogP contribution in [0.2, 0.25) is 5.15 Å². The van der Waals surface area contributed by atoms with E-state index in [1.807, 2.05) is 12.1 Å². The van der Waals surface area contributed by atoms with Gasteiger partial charge in [0.15, 0.2) is 0 Å². The molecule has 3 rings (SSSR count). The van der Waals surface area contributed by atoms with Gasteiger partial charge in [0.2, 0.25) is 0 Å². The lowest BCUT2D eigenvalue weighted by Gasteiger charge is -2.10. The van der Waals surface area contributed by atoms with Gasteiger partial charge in [0.25, 0.3) is 5.91 Å². The normalized spacial score (nSPS) is 16.9. The van der Waals surface area contributed by atoms with Crippen molar-refractivity contribution >= 4 is 35.6 Å². The second-order valence-electron chi connectivity index (χ2n) is 5.14. The third-order valence-corrected chi connectivity index (χ3v) is 3.91. The lowest BCUT2D eigenvalue weighted by Crippen LogP contribution is -2.12. The number of nitrogens with one attached hydrogen (secondary N) is 2. The highest BCUT2D eigenvalue weighted by molar-refractivity contribution is 6.29. The molecule has 2 heterocycles. The summed E-state index contributed by atoms with van der Waals surface area (Å²) < 4.78 is 0. The third-order valence-electron chi connectivity index (χ3n) is 3.69. The van der Waals surface area contributed by atoms with Gasteiger partial charge in [0.1, 0.15) is 5.15 Å². The van der Waals surface area contributed by atoms with Crippen LogP contribution in [0, 0.1) is 0 Å². The number of aromatic nitrogens is 1. The van der Waals surface area contributed by atoms with Gasteiger partial charge in [-0.3, -0.25) is 4.79 Å². The second kappa shape index (κ2) is 7.58. The molecule has 1 aliphatic rings. The highest BCUT2D eigenvalue weighted by Crippen LogP contribution is 2.23. The molecule has 116 valence electrons. The van der Waals surface area contributed by atoms with E-state index in [1.165, 1.54) is 18.2 Å². The van der Waals surface area contributed by atoms with Crippen LogP contribution in [0.3, 0.4) is 0 Å². The van der Waals surface area contributed by atoms with Crippen LogP contribution in [0.15, 0.2) is 42.6 Å². The summed E-state index contributed by atoms with van der Waals surface area (Å²) in [4.78, 5) is 16.0. The van der Waals surface area contributed by atoms with Crippen molar-refractivity contribution in [2.75, 3.05) is 18.4 Å². The van der Waals surface area contributed by atoms with Crippen molar-refractivity contribution < 1.29 is 4.79 Å². The van der Waals surface area contributed by atoms with E-state index in [1.54, 1.807) is 12.1 Å². The number of carbonyl (C=O) groups excluding carboxylic acids is 1. The maximum Gasteiger partial charge on any atom is 0.257 e. The largest absolute Gasteiger partial charge is 0.322 e. The van der Waals surface area contributed by atoms with Crippen LogP contribution in [0.1, 0.15) is 28.3 Å². The van der Waals surface area contributed by atoms with Crippen molar-refractivity contribution in [2.45, 2.75) is 12.3 Å². The number of anilines is 1. The van der Waals surface area contributed by atoms with Gasteiger partial charge in [-0.15, -0.1) is 12.4 Å². The Kier molecular flexibility index (Phi) is 5.77. The summed E-state index contributed by atoms with van der Waals surface area (Å²) in [5.74, 6) is 0.393. The van der Waals surface area contributed by atoms with Crippen LogP contribution in [0.25, 0.3) is 0 Å². The molecule has 6 heteroatoms. The van der Waals surface area contributed by atoms with Gasteiger partial charge in [-0.1, -0.05) is 23.7 Å². The molecule has 0 bridgehead atoms. The maximum absolute atomic E-state index is 12.1. The fourth-order valence-electron chi connectivity index (χ4n) is 2.49. The number of pyridine rings is 1. The van der Waals surface area contributed by atoms with Crippen molar-refractivity contribution in [3.05, 3.63) is 58.9 Å². The number of amides is 1. The maximum atomic E-state index is 12.1. The fraction of sp³-hybridized carbons (Fsp3) is 0.250. The van der Waals surface area contributed by atoms with Crippen molar-refractivity contribution in [3.8, 4) is 0 Å². The van der Waals surface area contributed by atoms with E-state index in [-0.39, 0.29) is 18.3 Å². The topological polar surface area (TPSA) is 54.0 Å². The summed E-state index contributed by atoms with van der Waals surface area (Å²) in [6, 6.07) is 11.3. The third kappa shape index (κ3) is 3.97. The molecule has 1 aromatic heterocycles. The Morgan fingerprint density at radius 2 is 2.00 bits per heavy atom. The number of hydrogen-bond acceptors (Lipinski definition) is 3. The number of carbonyl (C=O) groups is 1. The molecule has 0 aliphatic carbocycles. The van der Waals surface area contributed by atoms with Gasteiger partial charge in [0.05, 0.1) is 5.56 Å². The summed E-state index contributed by atoms with van der Waals surface area (Å²) in [5, 5.41) is 6.59. The molecule has 1 amide bonds. The second-order valence-corrected chi connectivity index (χ2v) is 5.52. The minimum absolute atomic E-state index is 0. The Labute approximate surface area is 140 Å². The predicted octanol–water partition coefficient (Wildman–Crippen LogP) is 3.49. The lowest BCUT2D eigenvalue weighted by molar-refractivity contribution is 0.102. The molecule has 1 saturated heterocycles. The molecule has 1 unspecified atom stereocenters. The fourth-order valence-corrected chi connectivity index (χ4v) is 2.60. The van der Waals surface area contributed by atoms with Gasteiger partial charge in [-0.25, -0.2) is 4.98 Å². The SMILES string of the molecule is Cl.O=C(Nc1ccc(C2CCNC2)cc1)c1ccc(Cl)nc1. The van der Waals surface area contributed by atoms with E-state index in [4.69, 9.17) is 11.6 Å². The van der Waals surface area contributed by atoms with Crippen molar-refractivity contribution in [2.24, 2.45) is 0 Å². The quantitative estimate of drug-likeness (QED) is 0.843. The Hall–Kier alpha value is -1.62. The van der Waals surface area contributed by atoms with E-state index < -0.39 is 0 Å². The summed E-state index contributed by atoms with van der Waals surface area (Å²) in [6.45, 7) is 2.11. The first-order valence-corrected chi connectivity index (χ1v) is 7.34. The molecule has 22 heavy (non-hydrogen) atoms. The van der Waals surface area contributed by atoms with E-state index in [9.17, 15) is 4.79 Å². The molecule has 1 atom stereocenters. The van der Waals surface area contributed by atoms with Gasteiger partial charge >= 0.3 is 0 Å². The van der Waals surface area contributed by atoms with Gasteiger partial charge in [-0.05, 0) is 48.7 Å². The van der Waals surface area contributed by atoms with E-state index in [0.29, 0.717) is 16.6 Å². The monoisotopic (exact) mass is 337 g/mol. The zero-order valence-electron chi connectivity index (χ0n) is 11.9. The van der Waals surface area contributed by atoms with Gasteiger partial charge < -0.3 is 10.6 Å². The van der Waals surface area contributed by atoms with Crippen molar-refractivity contribution in [1.29, 1.82) is 0 Å². The minimum Gasteiger partial charge on any atom is -0.322 e. The van der Waals surface area contributed by atoms with E-state index in [2.05, 4.69) is 27.8 Å². The Balaban J connectivity index is 0.00000176. The van der Waals surface area contributed by atoms with E-state index >= 15 is 0 Å². The Bertz CT molecular complexity index is 623. The smallest absolute Gasteiger partial charge is 0.257 e. The molecule has 1 fully saturated rings. The standard InChI is InChI=1S/C16H16ClN3O.ClH/c17-15-6-3-13(10-19-15)16(21)20-14-4-1-11(2-5-14)12-7-8-18-9-12;/h1-6,10,12,18H,7-9H2,(H,20,21);1H. The number of nitrogens with zero attached hydrogens (tertiary/aromatic N) is 1. The van der Waals surface area contributed by atoms with Crippen LogP contribution in [0.5, 0.6) is 0 Å². The minimum atomic E-state index is -0.186. The first-order chi connectivity index (χ1) is 10.2. The van der Waals surface area contributed by atoms with Gasteiger partial charge in [0, 0.05) is 18.4 Å². The summed E-state index contributed by atoms with van der Waals surface area (Å²) in [6.07, 6.45) is 2.64. The molecular formula is C16H17Cl2N3O. The van der Waals surface area contributed by atoms with Crippen molar-refractivity contribution in [1.82, 2.24) is 10.3 Å². The Morgan fingerprint density at radius 3 is 2.59 bits per heavy atom. The molecule has 2 aromatic rings. The summed E-state index contributed by atoms with van der Waals surface area (Å²) >= 11 is 5.71. The molecular weight excluding hydrogens is 321 g/mol. The first-order valence-electron chi connectivity index (χ1n) is 6.96. The van der Waals surface area contributed by atoms with Crippen LogP contribution in [-0.2, 0) is 0 Å². The number of halogens is 2. The lowest BCUT2D eigenvalue weighted by atomic mass is 9.98. The molecule has 1 aromatic carbocycles. The average molecular weight is 338 g/mol. The Morgan fingerprint density at radius 1 is 1.23 bits per heavy atom. The zero-order chi connectivity index (χ0) is 14.7. The van der Waals surface area contributed by atoms with Crippen LogP contribution < -0.4 is 10.6 Å². The highest BCUT2D eigenvalue weighted by atomic mass is 35.5. The molecule has 4 nitrogen and oxygen atoms in total. The van der Waals surface area contributed by atoms with Crippen LogP contribution in [0.4, 0.5) is 5.69 Å². The first kappa shape index (κ1) is 16.7. The predicted molar refractivity (Wildman–Crippen MR) is 91.1 cm³/mol. The molecule has 2 N–H and O–H groups in total. The highest BCUT2D eigenvalue weighted by Gasteiger charge is 2.16. The van der Waals surface area contributed by atoms with Crippen LogP contribution in [-0.4, -0.2) is 24.0 Å². The summed E-state index contributed by atoms with van der Waals surface area (Å²) in [7, 11) is 0. The van der Waals surface area contributed by atoms with E-state index in [0.717, 1.165) is 18.8 Å². The van der Waals surface area contributed by atoms with Crippen LogP contribution >= 0.6 is 24.0 Å². The number of hydrogen-bond donors (Lipinski definition) is 2. The number of benzene rings is 1. The zero-order valence-corrected chi connectivity index (χ0v) is 13.5. The van der Waals surface area contributed by atoms with Gasteiger partial charge in [-0.2, -0.15) is 0 Å².